The molecule has 0 radical (unpaired) electrons. The molecule has 0 N–H and O–H groups in total. The summed E-state index contributed by atoms with van der Waals surface area (Å²) in [5.74, 6) is 1.44. The molecular formula is C11H21NO2. The van der Waals surface area contributed by atoms with E-state index in [9.17, 15) is 0 Å². The molecule has 0 aromatic carbocycles. The van der Waals surface area contributed by atoms with Crippen LogP contribution in [0.3, 0.4) is 0 Å². The SMILES string of the molecule is C[C@H]1CCOCC1C1COCCN1C. The lowest BCUT2D eigenvalue weighted by molar-refractivity contribution is -0.0714. The number of nitrogens with zero attached hydrogens (tertiary/aromatic N) is 1. The Morgan fingerprint density at radius 3 is 2.64 bits per heavy atom. The lowest BCUT2D eigenvalue weighted by atomic mass is 9.83. The van der Waals surface area contributed by atoms with Gasteiger partial charge in [-0.25, -0.2) is 0 Å². The molecule has 0 spiro atoms. The topological polar surface area (TPSA) is 21.7 Å². The van der Waals surface area contributed by atoms with E-state index in [1.54, 1.807) is 0 Å². The van der Waals surface area contributed by atoms with E-state index >= 15 is 0 Å². The molecule has 0 saturated carbocycles. The Bertz CT molecular complexity index is 166. The molecule has 0 bridgehead atoms. The van der Waals surface area contributed by atoms with Crippen molar-refractivity contribution in [1.29, 1.82) is 0 Å². The predicted octanol–water partition coefficient (Wildman–Crippen LogP) is 0.990. The first-order valence-electron chi connectivity index (χ1n) is 5.65. The standard InChI is InChI=1S/C11H21NO2/c1-9-3-5-13-7-10(9)11-8-14-6-4-12(11)2/h9-11H,3-8H2,1-2H3/t9-,10?,11?/m0/s1. The van der Waals surface area contributed by atoms with Crippen LogP contribution in [0.1, 0.15) is 13.3 Å². The highest BCUT2D eigenvalue weighted by atomic mass is 16.5. The van der Waals surface area contributed by atoms with Gasteiger partial charge in [-0.15, -0.1) is 0 Å². The van der Waals surface area contributed by atoms with Crippen molar-refractivity contribution < 1.29 is 9.47 Å². The quantitative estimate of drug-likeness (QED) is 0.628. The summed E-state index contributed by atoms with van der Waals surface area (Å²) in [5.41, 5.74) is 0. The minimum atomic E-state index is 0.569. The van der Waals surface area contributed by atoms with E-state index in [4.69, 9.17) is 9.47 Å². The molecule has 14 heavy (non-hydrogen) atoms. The average Bonchev–Trinajstić information content (AvgIpc) is 2.20. The molecule has 0 aromatic rings. The van der Waals surface area contributed by atoms with E-state index in [1.165, 1.54) is 6.42 Å². The highest BCUT2D eigenvalue weighted by Crippen LogP contribution is 2.27. The van der Waals surface area contributed by atoms with Crippen LogP contribution in [0, 0.1) is 11.8 Å². The Labute approximate surface area is 86.4 Å². The van der Waals surface area contributed by atoms with Gasteiger partial charge < -0.3 is 9.47 Å². The zero-order chi connectivity index (χ0) is 9.97. The predicted molar refractivity (Wildman–Crippen MR) is 55.3 cm³/mol. The first kappa shape index (κ1) is 10.4. The summed E-state index contributed by atoms with van der Waals surface area (Å²) >= 11 is 0. The van der Waals surface area contributed by atoms with E-state index in [2.05, 4.69) is 18.9 Å². The van der Waals surface area contributed by atoms with Crippen LogP contribution in [0.5, 0.6) is 0 Å². The third-order valence-corrected chi connectivity index (χ3v) is 3.70. The van der Waals surface area contributed by atoms with E-state index in [0.29, 0.717) is 12.0 Å². The van der Waals surface area contributed by atoms with Crippen LogP contribution < -0.4 is 0 Å². The van der Waals surface area contributed by atoms with Gasteiger partial charge in [-0.3, -0.25) is 4.90 Å². The largest absolute Gasteiger partial charge is 0.381 e. The van der Waals surface area contributed by atoms with E-state index in [-0.39, 0.29) is 0 Å². The number of likely N-dealkylation sites (N-methyl/N-ethyl adjacent to an activating group) is 1. The second-order valence-electron chi connectivity index (χ2n) is 4.63. The van der Waals surface area contributed by atoms with Crippen LogP contribution in [-0.2, 0) is 9.47 Å². The van der Waals surface area contributed by atoms with Gasteiger partial charge in [0.05, 0.1) is 19.8 Å². The maximum absolute atomic E-state index is 5.57. The molecule has 2 saturated heterocycles. The van der Waals surface area contributed by atoms with Crippen molar-refractivity contribution in [2.24, 2.45) is 11.8 Å². The first-order valence-corrected chi connectivity index (χ1v) is 5.65. The van der Waals surface area contributed by atoms with Crippen molar-refractivity contribution in [3.05, 3.63) is 0 Å². The van der Waals surface area contributed by atoms with E-state index in [1.807, 2.05) is 0 Å². The molecule has 82 valence electrons. The second kappa shape index (κ2) is 4.60. The van der Waals surface area contributed by atoms with Crippen LogP contribution in [0.4, 0.5) is 0 Å². The van der Waals surface area contributed by atoms with Gasteiger partial charge in [-0.05, 0) is 19.4 Å². The second-order valence-corrected chi connectivity index (χ2v) is 4.63. The normalized spacial score (nSPS) is 41.1. The van der Waals surface area contributed by atoms with Crippen LogP contribution in [0.15, 0.2) is 0 Å². The fraction of sp³-hybridized carbons (Fsp3) is 1.00. The molecule has 2 unspecified atom stereocenters. The average molecular weight is 199 g/mol. The fourth-order valence-electron chi connectivity index (χ4n) is 2.51. The molecule has 2 rings (SSSR count). The number of hydrogen-bond acceptors (Lipinski definition) is 3. The van der Waals surface area contributed by atoms with Crippen molar-refractivity contribution in [2.45, 2.75) is 19.4 Å². The van der Waals surface area contributed by atoms with Gasteiger partial charge in [0, 0.05) is 25.1 Å². The Balaban J connectivity index is 1.96. The van der Waals surface area contributed by atoms with Crippen LogP contribution in [0.25, 0.3) is 0 Å². The van der Waals surface area contributed by atoms with Crippen molar-refractivity contribution in [3.63, 3.8) is 0 Å². The Hall–Kier alpha value is -0.120. The summed E-state index contributed by atoms with van der Waals surface area (Å²) in [7, 11) is 2.20. The van der Waals surface area contributed by atoms with E-state index in [0.717, 1.165) is 38.9 Å². The van der Waals surface area contributed by atoms with Crippen molar-refractivity contribution in [3.8, 4) is 0 Å². The highest BCUT2D eigenvalue weighted by molar-refractivity contribution is 4.85. The van der Waals surface area contributed by atoms with Crippen LogP contribution in [0.2, 0.25) is 0 Å². The molecule has 3 atom stereocenters. The number of morpholine rings is 1. The monoisotopic (exact) mass is 199 g/mol. The Morgan fingerprint density at radius 2 is 1.93 bits per heavy atom. The Morgan fingerprint density at radius 1 is 1.14 bits per heavy atom. The van der Waals surface area contributed by atoms with Crippen molar-refractivity contribution >= 4 is 0 Å². The minimum absolute atomic E-state index is 0.569. The maximum atomic E-state index is 5.57. The van der Waals surface area contributed by atoms with Gasteiger partial charge >= 0.3 is 0 Å². The molecule has 2 fully saturated rings. The van der Waals surface area contributed by atoms with Crippen LogP contribution in [-0.4, -0.2) is 51.0 Å². The summed E-state index contributed by atoms with van der Waals surface area (Å²) in [6.07, 6.45) is 1.20. The van der Waals surface area contributed by atoms with Crippen molar-refractivity contribution in [2.75, 3.05) is 40.0 Å². The third-order valence-electron chi connectivity index (χ3n) is 3.70. The zero-order valence-electron chi connectivity index (χ0n) is 9.24. The molecule has 3 nitrogen and oxygen atoms in total. The zero-order valence-corrected chi connectivity index (χ0v) is 9.24. The fourth-order valence-corrected chi connectivity index (χ4v) is 2.51. The highest BCUT2D eigenvalue weighted by Gasteiger charge is 2.33. The summed E-state index contributed by atoms with van der Waals surface area (Å²) in [5, 5.41) is 0. The summed E-state index contributed by atoms with van der Waals surface area (Å²) in [6, 6.07) is 0.569. The lowest BCUT2D eigenvalue weighted by Crippen LogP contribution is -2.51. The maximum Gasteiger partial charge on any atom is 0.0626 e. The van der Waals surface area contributed by atoms with Crippen LogP contribution >= 0.6 is 0 Å². The van der Waals surface area contributed by atoms with Gasteiger partial charge in [0.1, 0.15) is 0 Å². The van der Waals surface area contributed by atoms with Gasteiger partial charge in [0.25, 0.3) is 0 Å². The molecule has 2 aliphatic heterocycles. The molecule has 2 heterocycles. The summed E-state index contributed by atoms with van der Waals surface area (Å²) < 4.78 is 11.1. The smallest absolute Gasteiger partial charge is 0.0626 e. The summed E-state index contributed by atoms with van der Waals surface area (Å²) in [4.78, 5) is 2.43. The van der Waals surface area contributed by atoms with Gasteiger partial charge in [0.2, 0.25) is 0 Å². The molecular weight excluding hydrogens is 178 g/mol. The molecule has 0 amide bonds. The molecule has 3 heteroatoms. The third kappa shape index (κ3) is 2.10. The Kier molecular flexibility index (Phi) is 3.42. The number of rotatable bonds is 1. The molecule has 0 aliphatic carbocycles. The molecule has 2 aliphatic rings. The first-order chi connectivity index (χ1) is 6.79. The summed E-state index contributed by atoms with van der Waals surface area (Å²) in [6.45, 7) is 7.03. The van der Waals surface area contributed by atoms with E-state index < -0.39 is 0 Å². The number of hydrogen-bond donors (Lipinski definition) is 0. The number of ether oxygens (including phenoxy) is 2. The lowest BCUT2D eigenvalue weighted by Gasteiger charge is -2.42. The van der Waals surface area contributed by atoms with Crippen molar-refractivity contribution in [1.82, 2.24) is 4.90 Å². The van der Waals surface area contributed by atoms with Gasteiger partial charge in [-0.1, -0.05) is 6.92 Å². The minimum Gasteiger partial charge on any atom is -0.381 e. The van der Waals surface area contributed by atoms with Gasteiger partial charge in [0.15, 0.2) is 0 Å². The molecule has 0 aromatic heterocycles. The van der Waals surface area contributed by atoms with Gasteiger partial charge in [-0.2, -0.15) is 0 Å².